The van der Waals surface area contributed by atoms with Crippen molar-refractivity contribution in [2.75, 3.05) is 0 Å². The number of aliphatic hydroxyl groups is 1. The number of aromatic nitrogens is 3. The summed E-state index contributed by atoms with van der Waals surface area (Å²) in [5.74, 6) is 0.653. The van der Waals surface area contributed by atoms with Crippen molar-refractivity contribution in [1.82, 2.24) is 14.5 Å². The summed E-state index contributed by atoms with van der Waals surface area (Å²) in [6.07, 6.45) is 7.37. The highest BCUT2D eigenvalue weighted by Gasteiger charge is 2.11. The van der Waals surface area contributed by atoms with Crippen LogP contribution in [0.1, 0.15) is 17.4 Å². The van der Waals surface area contributed by atoms with E-state index in [-0.39, 0.29) is 0 Å². The number of hydrogen-bond donors (Lipinski definition) is 1. The molecule has 26 heavy (non-hydrogen) atoms. The molecule has 0 aliphatic rings. The number of rotatable bonds is 5. The predicted octanol–water partition coefficient (Wildman–Crippen LogP) is 4.25. The Balaban J connectivity index is 1.65. The maximum Gasteiger partial charge on any atom is 0.234 e. The average molecular weight is 341 g/mol. The van der Waals surface area contributed by atoms with E-state index < -0.39 is 6.10 Å². The van der Waals surface area contributed by atoms with Crippen LogP contribution in [0.2, 0.25) is 0 Å². The van der Waals surface area contributed by atoms with Gasteiger partial charge in [0.2, 0.25) is 5.95 Å². The molecule has 4 heteroatoms. The fourth-order valence-corrected chi connectivity index (χ4v) is 3.08. The van der Waals surface area contributed by atoms with Gasteiger partial charge >= 0.3 is 0 Å². The molecule has 2 aromatic heterocycles. The molecule has 0 fully saturated rings. The molecule has 1 atom stereocenters. The van der Waals surface area contributed by atoms with E-state index in [1.54, 1.807) is 12.4 Å². The van der Waals surface area contributed by atoms with Gasteiger partial charge in [0.25, 0.3) is 0 Å². The van der Waals surface area contributed by atoms with Gasteiger partial charge in [-0.05, 0) is 23.8 Å². The zero-order valence-electron chi connectivity index (χ0n) is 14.2. The quantitative estimate of drug-likeness (QED) is 0.552. The van der Waals surface area contributed by atoms with Gasteiger partial charge in [0, 0.05) is 29.9 Å². The summed E-state index contributed by atoms with van der Waals surface area (Å²) in [4.78, 5) is 8.80. The molecule has 0 aliphatic carbocycles. The van der Waals surface area contributed by atoms with Crippen molar-refractivity contribution in [3.05, 3.63) is 103 Å². The Labute approximate surface area is 152 Å². The van der Waals surface area contributed by atoms with E-state index in [1.165, 1.54) is 0 Å². The van der Waals surface area contributed by atoms with Crippen LogP contribution in [0.15, 0.2) is 91.3 Å². The molecular formula is C22H19N3O. The molecule has 1 N–H and O–H groups in total. The first-order valence-electron chi connectivity index (χ1n) is 8.59. The van der Waals surface area contributed by atoms with Gasteiger partial charge in [-0.3, -0.25) is 4.57 Å². The van der Waals surface area contributed by atoms with Crippen LogP contribution in [0, 0.1) is 0 Å². The molecule has 1 unspecified atom stereocenters. The number of benzene rings is 2. The summed E-state index contributed by atoms with van der Waals surface area (Å²) in [6.45, 7) is 0. The summed E-state index contributed by atoms with van der Waals surface area (Å²) in [7, 11) is 0. The van der Waals surface area contributed by atoms with Crippen molar-refractivity contribution < 1.29 is 5.11 Å². The lowest BCUT2D eigenvalue weighted by Gasteiger charge is -2.08. The van der Waals surface area contributed by atoms with Crippen LogP contribution in [-0.2, 0) is 6.42 Å². The highest BCUT2D eigenvalue weighted by atomic mass is 16.3. The maximum atomic E-state index is 10.3. The van der Waals surface area contributed by atoms with Crippen molar-refractivity contribution in [3.8, 4) is 5.95 Å². The number of para-hydroxylation sites is 1. The Kier molecular flexibility index (Phi) is 4.58. The van der Waals surface area contributed by atoms with Crippen LogP contribution in [-0.4, -0.2) is 19.6 Å². The minimum Gasteiger partial charge on any atom is -0.384 e. The molecule has 0 saturated heterocycles. The van der Waals surface area contributed by atoms with Gasteiger partial charge in [0.1, 0.15) is 0 Å². The fraction of sp³-hybridized carbons (Fsp3) is 0.0909. The van der Waals surface area contributed by atoms with Crippen molar-refractivity contribution in [2.24, 2.45) is 0 Å². The highest BCUT2D eigenvalue weighted by molar-refractivity contribution is 5.82. The molecule has 4 nitrogen and oxygen atoms in total. The summed E-state index contributed by atoms with van der Waals surface area (Å²) in [6, 6.07) is 21.8. The Morgan fingerprint density at radius 3 is 2.46 bits per heavy atom. The second-order valence-electron chi connectivity index (χ2n) is 6.07. The first-order valence-corrected chi connectivity index (χ1v) is 8.59. The van der Waals surface area contributed by atoms with Crippen LogP contribution in [0.5, 0.6) is 0 Å². The Bertz CT molecular complexity index is 1020. The minimum absolute atomic E-state index is 0.609. The van der Waals surface area contributed by atoms with Gasteiger partial charge < -0.3 is 5.11 Å². The second kappa shape index (κ2) is 7.33. The molecule has 0 amide bonds. The predicted molar refractivity (Wildman–Crippen MR) is 103 cm³/mol. The van der Waals surface area contributed by atoms with E-state index >= 15 is 0 Å². The molecule has 0 bridgehead atoms. The molecule has 2 heterocycles. The molecule has 4 rings (SSSR count). The lowest BCUT2D eigenvalue weighted by atomic mass is 10.1. The van der Waals surface area contributed by atoms with Gasteiger partial charge in [-0.15, -0.1) is 0 Å². The number of allylic oxidation sites excluding steroid dienone is 1. The van der Waals surface area contributed by atoms with Crippen LogP contribution in [0.3, 0.4) is 0 Å². The van der Waals surface area contributed by atoms with Gasteiger partial charge in [-0.25, -0.2) is 9.97 Å². The van der Waals surface area contributed by atoms with E-state index in [0.717, 1.165) is 22.2 Å². The Morgan fingerprint density at radius 2 is 1.65 bits per heavy atom. The average Bonchev–Trinajstić information content (AvgIpc) is 3.07. The third-order valence-corrected chi connectivity index (χ3v) is 4.33. The van der Waals surface area contributed by atoms with Crippen LogP contribution < -0.4 is 0 Å². The van der Waals surface area contributed by atoms with Crippen LogP contribution >= 0.6 is 0 Å². The second-order valence-corrected chi connectivity index (χ2v) is 6.07. The van der Waals surface area contributed by atoms with Crippen LogP contribution in [0.25, 0.3) is 16.9 Å². The van der Waals surface area contributed by atoms with Gasteiger partial charge in [0.15, 0.2) is 0 Å². The number of hydrogen-bond acceptors (Lipinski definition) is 3. The smallest absolute Gasteiger partial charge is 0.234 e. The van der Waals surface area contributed by atoms with Gasteiger partial charge in [0.05, 0.1) is 11.6 Å². The summed E-state index contributed by atoms with van der Waals surface area (Å²) < 4.78 is 2.06. The largest absolute Gasteiger partial charge is 0.384 e. The molecule has 0 saturated carbocycles. The first kappa shape index (κ1) is 16.2. The Morgan fingerprint density at radius 1 is 0.923 bits per heavy atom. The molecular weight excluding hydrogens is 322 g/mol. The fourth-order valence-electron chi connectivity index (χ4n) is 3.08. The summed E-state index contributed by atoms with van der Waals surface area (Å²) >= 11 is 0. The molecule has 2 aromatic carbocycles. The molecule has 0 radical (unpaired) electrons. The molecule has 0 aliphatic heterocycles. The van der Waals surface area contributed by atoms with Crippen molar-refractivity contribution in [3.63, 3.8) is 0 Å². The van der Waals surface area contributed by atoms with Crippen molar-refractivity contribution in [2.45, 2.75) is 12.5 Å². The lowest BCUT2D eigenvalue weighted by Crippen LogP contribution is -2.04. The monoisotopic (exact) mass is 341 g/mol. The van der Waals surface area contributed by atoms with Gasteiger partial charge in [-0.2, -0.15) is 0 Å². The zero-order chi connectivity index (χ0) is 17.8. The highest BCUT2D eigenvalue weighted by Crippen LogP contribution is 2.23. The van der Waals surface area contributed by atoms with E-state index in [4.69, 9.17) is 0 Å². The SMILES string of the molecule is OC(/C=C/Cc1cc2ccccc2n1-c1ncccn1)c1ccccc1. The van der Waals surface area contributed by atoms with E-state index in [0.29, 0.717) is 12.4 Å². The summed E-state index contributed by atoms with van der Waals surface area (Å²) in [5.41, 5.74) is 3.04. The zero-order valence-corrected chi connectivity index (χ0v) is 14.2. The normalized spacial score (nSPS) is 12.7. The van der Waals surface area contributed by atoms with Crippen molar-refractivity contribution in [1.29, 1.82) is 0 Å². The molecule has 128 valence electrons. The number of nitrogens with zero attached hydrogens (tertiary/aromatic N) is 3. The molecule has 4 aromatic rings. The van der Waals surface area contributed by atoms with Gasteiger partial charge in [-0.1, -0.05) is 60.7 Å². The van der Waals surface area contributed by atoms with E-state index in [9.17, 15) is 5.11 Å². The van der Waals surface area contributed by atoms with Crippen molar-refractivity contribution >= 4 is 10.9 Å². The maximum absolute atomic E-state index is 10.3. The van der Waals surface area contributed by atoms with E-state index in [1.807, 2.05) is 60.7 Å². The number of aliphatic hydroxyl groups excluding tert-OH is 1. The Hall–Kier alpha value is -3.24. The van der Waals surface area contributed by atoms with Crippen LogP contribution in [0.4, 0.5) is 0 Å². The van der Waals surface area contributed by atoms with E-state index in [2.05, 4.69) is 32.7 Å². The third kappa shape index (κ3) is 3.27. The first-order chi connectivity index (χ1) is 12.8. The standard InChI is InChI=1S/C22H19N3O/c26-21(17-8-2-1-3-9-17)13-6-11-19-16-18-10-4-5-12-20(18)25(19)22-23-14-7-15-24-22/h1-10,12-16,21,26H,11H2/b13-6+. The summed E-state index contributed by atoms with van der Waals surface area (Å²) in [5, 5.41) is 11.5. The lowest BCUT2D eigenvalue weighted by molar-refractivity contribution is 0.228. The third-order valence-electron chi connectivity index (χ3n) is 4.33. The molecule has 0 spiro atoms. The topological polar surface area (TPSA) is 50.9 Å². The number of fused-ring (bicyclic) bond motifs is 1. The minimum atomic E-state index is -0.609.